The summed E-state index contributed by atoms with van der Waals surface area (Å²) < 4.78 is 4.78. The molecular weight excluding hydrogens is 605 g/mol. The van der Waals surface area contributed by atoms with Gasteiger partial charge in [-0.25, -0.2) is 0 Å². The van der Waals surface area contributed by atoms with Gasteiger partial charge in [-0.05, 0) is 101 Å². The lowest BCUT2D eigenvalue weighted by Crippen LogP contribution is -1.96. The Balaban J connectivity index is 0.962. The van der Waals surface area contributed by atoms with Crippen LogP contribution in [0.25, 0.3) is 88.4 Å². The molecule has 2 heterocycles. The molecular formula is C48H34N2. The van der Waals surface area contributed by atoms with E-state index in [0.717, 1.165) is 12.8 Å². The normalized spacial score (nSPS) is 13.1. The van der Waals surface area contributed by atoms with Gasteiger partial charge in [0.15, 0.2) is 0 Å². The third-order valence-corrected chi connectivity index (χ3v) is 10.4. The minimum Gasteiger partial charge on any atom is -0.310 e. The quantitative estimate of drug-likeness (QED) is 0.178. The predicted molar refractivity (Wildman–Crippen MR) is 213 cm³/mol. The van der Waals surface area contributed by atoms with E-state index >= 15 is 0 Å². The summed E-state index contributed by atoms with van der Waals surface area (Å²) in [4.78, 5) is 0. The maximum Gasteiger partial charge on any atom is 0.0541 e. The molecule has 0 saturated carbocycles. The van der Waals surface area contributed by atoms with Gasteiger partial charge >= 0.3 is 0 Å². The number of benzene rings is 7. The lowest BCUT2D eigenvalue weighted by molar-refractivity contribution is 1.02. The maximum absolute atomic E-state index is 2.41. The Labute approximate surface area is 291 Å². The molecule has 236 valence electrons. The van der Waals surface area contributed by atoms with Gasteiger partial charge in [0, 0.05) is 32.9 Å². The Morgan fingerprint density at radius 3 is 1.32 bits per heavy atom. The standard InChI is InChI=1S/C48H34N2/c1-3-11-39(12-4-1)49-45-17-9-7-15-41(45)43-31-37(27-29-47(43)49)35-23-19-33(20-24-35)34-21-25-36(26-22-34)38-28-30-48-44(32-38)42-16-8-10-18-46(42)50(48)40-13-5-2-6-14-40/h1,3-5,7-32H,2,6H2. The van der Waals surface area contributed by atoms with E-state index in [1.165, 1.54) is 88.4 Å². The van der Waals surface area contributed by atoms with Crippen LogP contribution in [-0.2, 0) is 0 Å². The molecule has 0 fully saturated rings. The van der Waals surface area contributed by atoms with Crippen molar-refractivity contribution in [3.63, 3.8) is 0 Å². The first-order valence-corrected chi connectivity index (χ1v) is 17.5. The molecule has 1 aliphatic carbocycles. The Kier molecular flexibility index (Phi) is 6.67. The SMILES string of the molecule is C1=CC(n2c3ccccc3c3cc(-c4ccc(-c5ccc(-c6ccc7c(c6)c6ccccc6n7-c6ccccc6)cc5)cc4)ccc32)=CCC1. The van der Waals surface area contributed by atoms with Crippen LogP contribution >= 0.6 is 0 Å². The molecule has 2 aromatic heterocycles. The van der Waals surface area contributed by atoms with E-state index in [2.05, 4.69) is 191 Å². The predicted octanol–water partition coefficient (Wildman–Crippen LogP) is 13.1. The van der Waals surface area contributed by atoms with E-state index < -0.39 is 0 Å². The number of rotatable bonds is 5. The largest absolute Gasteiger partial charge is 0.310 e. The maximum atomic E-state index is 2.41. The third kappa shape index (κ3) is 4.64. The number of hydrogen-bond donors (Lipinski definition) is 0. The van der Waals surface area contributed by atoms with Crippen molar-refractivity contribution in [2.75, 3.05) is 0 Å². The van der Waals surface area contributed by atoms with Crippen LogP contribution in [0.15, 0.2) is 182 Å². The summed E-state index contributed by atoms with van der Waals surface area (Å²) in [6.07, 6.45) is 9.10. The van der Waals surface area contributed by atoms with Gasteiger partial charge in [-0.15, -0.1) is 0 Å². The zero-order chi connectivity index (χ0) is 33.0. The number of hydrogen-bond acceptors (Lipinski definition) is 0. The second-order valence-corrected chi connectivity index (χ2v) is 13.3. The Morgan fingerprint density at radius 1 is 0.340 bits per heavy atom. The van der Waals surface area contributed by atoms with Crippen molar-refractivity contribution >= 4 is 49.3 Å². The molecule has 0 N–H and O–H groups in total. The third-order valence-electron chi connectivity index (χ3n) is 10.4. The van der Waals surface area contributed by atoms with Gasteiger partial charge in [-0.3, -0.25) is 0 Å². The summed E-state index contributed by atoms with van der Waals surface area (Å²) >= 11 is 0. The summed E-state index contributed by atoms with van der Waals surface area (Å²) in [5, 5.41) is 5.13. The van der Waals surface area contributed by atoms with Crippen molar-refractivity contribution in [3.8, 4) is 39.1 Å². The van der Waals surface area contributed by atoms with Crippen LogP contribution in [0.4, 0.5) is 0 Å². The van der Waals surface area contributed by atoms with Gasteiger partial charge < -0.3 is 9.13 Å². The molecule has 2 nitrogen and oxygen atoms in total. The van der Waals surface area contributed by atoms with Crippen molar-refractivity contribution in [3.05, 3.63) is 182 Å². The zero-order valence-corrected chi connectivity index (χ0v) is 27.6. The number of fused-ring (bicyclic) bond motifs is 6. The highest BCUT2D eigenvalue weighted by molar-refractivity contribution is 6.12. The second kappa shape index (κ2) is 11.6. The average Bonchev–Trinajstić information content (AvgIpc) is 3.71. The highest BCUT2D eigenvalue weighted by Crippen LogP contribution is 2.38. The Hall–Kier alpha value is -6.38. The molecule has 0 atom stereocenters. The zero-order valence-electron chi connectivity index (χ0n) is 27.6. The van der Waals surface area contributed by atoms with E-state index in [9.17, 15) is 0 Å². The van der Waals surface area contributed by atoms with Crippen molar-refractivity contribution < 1.29 is 0 Å². The minimum absolute atomic E-state index is 1.09. The number of allylic oxidation sites excluding steroid dienone is 4. The first kappa shape index (κ1) is 28.6. The molecule has 0 spiro atoms. The fourth-order valence-corrected chi connectivity index (χ4v) is 7.91. The summed E-state index contributed by atoms with van der Waals surface area (Å²) in [6, 6.07) is 59.9. The monoisotopic (exact) mass is 638 g/mol. The van der Waals surface area contributed by atoms with E-state index in [1.54, 1.807) is 0 Å². The molecule has 0 amide bonds. The van der Waals surface area contributed by atoms with Gasteiger partial charge in [0.2, 0.25) is 0 Å². The molecule has 2 heteroatoms. The van der Waals surface area contributed by atoms with Crippen molar-refractivity contribution in [2.45, 2.75) is 12.8 Å². The van der Waals surface area contributed by atoms with Crippen molar-refractivity contribution in [1.82, 2.24) is 9.13 Å². The van der Waals surface area contributed by atoms with Gasteiger partial charge in [-0.2, -0.15) is 0 Å². The minimum atomic E-state index is 1.09. The molecule has 0 bridgehead atoms. The van der Waals surface area contributed by atoms with Crippen LogP contribution in [0, 0.1) is 0 Å². The lowest BCUT2D eigenvalue weighted by atomic mass is 9.97. The highest BCUT2D eigenvalue weighted by Gasteiger charge is 2.15. The summed E-state index contributed by atoms with van der Waals surface area (Å²) in [5.74, 6) is 0. The van der Waals surface area contributed by atoms with E-state index in [4.69, 9.17) is 0 Å². The molecule has 0 aliphatic heterocycles. The van der Waals surface area contributed by atoms with Gasteiger partial charge in [0.25, 0.3) is 0 Å². The topological polar surface area (TPSA) is 9.86 Å². The first-order chi connectivity index (χ1) is 24.8. The van der Waals surface area contributed by atoms with Crippen LogP contribution in [0.5, 0.6) is 0 Å². The van der Waals surface area contributed by atoms with Crippen LogP contribution in [-0.4, -0.2) is 9.13 Å². The molecule has 0 saturated heterocycles. The summed E-state index contributed by atoms with van der Waals surface area (Å²) in [7, 11) is 0. The highest BCUT2D eigenvalue weighted by atomic mass is 15.0. The molecule has 0 radical (unpaired) electrons. The molecule has 50 heavy (non-hydrogen) atoms. The van der Waals surface area contributed by atoms with Crippen LogP contribution in [0.2, 0.25) is 0 Å². The van der Waals surface area contributed by atoms with Crippen molar-refractivity contribution in [1.29, 1.82) is 0 Å². The second-order valence-electron chi connectivity index (χ2n) is 13.3. The fraction of sp³-hybridized carbons (Fsp3) is 0.0417. The van der Waals surface area contributed by atoms with Gasteiger partial charge in [-0.1, -0.05) is 127 Å². The number of para-hydroxylation sites is 3. The van der Waals surface area contributed by atoms with Crippen LogP contribution in [0.3, 0.4) is 0 Å². The molecule has 1 aliphatic rings. The summed E-state index contributed by atoms with van der Waals surface area (Å²) in [6.45, 7) is 0. The molecule has 10 rings (SSSR count). The van der Waals surface area contributed by atoms with Gasteiger partial charge in [0.1, 0.15) is 0 Å². The van der Waals surface area contributed by atoms with E-state index in [0.29, 0.717) is 0 Å². The smallest absolute Gasteiger partial charge is 0.0541 e. The van der Waals surface area contributed by atoms with Crippen LogP contribution < -0.4 is 0 Å². The lowest BCUT2D eigenvalue weighted by Gasteiger charge is -2.12. The number of nitrogens with zero attached hydrogens (tertiary/aromatic N) is 2. The van der Waals surface area contributed by atoms with E-state index in [-0.39, 0.29) is 0 Å². The summed E-state index contributed by atoms with van der Waals surface area (Å²) in [5.41, 5.74) is 14.8. The van der Waals surface area contributed by atoms with Crippen molar-refractivity contribution in [2.24, 2.45) is 0 Å². The van der Waals surface area contributed by atoms with E-state index in [1.807, 2.05) is 0 Å². The fourth-order valence-electron chi connectivity index (χ4n) is 7.91. The van der Waals surface area contributed by atoms with Gasteiger partial charge in [0.05, 0.1) is 22.1 Å². The Bertz CT molecular complexity index is 2770. The molecule has 9 aromatic rings. The molecule has 0 unspecified atom stereocenters. The number of aromatic nitrogens is 2. The average molecular weight is 639 g/mol. The first-order valence-electron chi connectivity index (χ1n) is 17.5. The Morgan fingerprint density at radius 2 is 0.780 bits per heavy atom. The van der Waals surface area contributed by atoms with Crippen LogP contribution in [0.1, 0.15) is 12.8 Å². The molecule has 7 aromatic carbocycles.